The van der Waals surface area contributed by atoms with E-state index in [0.717, 1.165) is 17.4 Å². The van der Waals surface area contributed by atoms with Crippen LogP contribution in [0.1, 0.15) is 31.4 Å². The summed E-state index contributed by atoms with van der Waals surface area (Å²) >= 11 is 0.988. The average Bonchev–Trinajstić information content (AvgIpc) is 3.37. The van der Waals surface area contributed by atoms with Crippen molar-refractivity contribution in [3.8, 4) is 0 Å². The predicted octanol–water partition coefficient (Wildman–Crippen LogP) is 6.47. The molecule has 0 aliphatic rings. The quantitative estimate of drug-likeness (QED) is 0.342. The minimum atomic E-state index is -4.81. The van der Waals surface area contributed by atoms with Gasteiger partial charge in [-0.3, -0.25) is 9.59 Å². The number of carbonyl (C=O) groups excluding carboxylic acids is 2. The van der Waals surface area contributed by atoms with Gasteiger partial charge in [-0.25, -0.2) is 4.39 Å². The van der Waals surface area contributed by atoms with Crippen molar-refractivity contribution in [1.29, 1.82) is 0 Å². The second-order valence-corrected chi connectivity index (χ2v) is 7.87. The Morgan fingerprint density at radius 3 is 2.44 bits per heavy atom. The van der Waals surface area contributed by atoms with Gasteiger partial charge in [-0.15, -0.1) is 11.3 Å². The SMILES string of the molecule is Cc1c(C(=O)Nc2ccc(NC(=O)c3ccco3)cc2C(F)(F)F)sc2cccc(F)c12. The van der Waals surface area contributed by atoms with Crippen molar-refractivity contribution in [1.82, 2.24) is 0 Å². The second-order valence-electron chi connectivity index (χ2n) is 6.81. The van der Waals surface area contributed by atoms with Gasteiger partial charge in [-0.1, -0.05) is 6.07 Å². The lowest BCUT2D eigenvalue weighted by atomic mass is 10.1. The third-order valence-electron chi connectivity index (χ3n) is 4.69. The van der Waals surface area contributed by atoms with Crippen LogP contribution >= 0.6 is 11.3 Å². The van der Waals surface area contributed by atoms with Gasteiger partial charge in [0, 0.05) is 15.8 Å². The fourth-order valence-corrected chi connectivity index (χ4v) is 4.33. The van der Waals surface area contributed by atoms with Gasteiger partial charge in [0.2, 0.25) is 0 Å². The summed E-state index contributed by atoms with van der Waals surface area (Å²) in [5.41, 5.74) is -1.42. The summed E-state index contributed by atoms with van der Waals surface area (Å²) in [6, 6.07) is 10.2. The van der Waals surface area contributed by atoms with E-state index in [-0.39, 0.29) is 21.7 Å². The van der Waals surface area contributed by atoms with Gasteiger partial charge in [0.15, 0.2) is 5.76 Å². The molecular weight excluding hydrogens is 448 g/mol. The zero-order valence-electron chi connectivity index (χ0n) is 16.3. The summed E-state index contributed by atoms with van der Waals surface area (Å²) in [4.78, 5) is 24.9. The molecule has 10 heteroatoms. The fraction of sp³-hybridized carbons (Fsp3) is 0.0909. The minimum Gasteiger partial charge on any atom is -0.459 e. The van der Waals surface area contributed by atoms with Gasteiger partial charge < -0.3 is 15.1 Å². The Labute approximate surface area is 182 Å². The van der Waals surface area contributed by atoms with Crippen LogP contribution < -0.4 is 10.6 Å². The third-order valence-corrected chi connectivity index (χ3v) is 5.94. The molecule has 0 radical (unpaired) electrons. The minimum absolute atomic E-state index is 0.0663. The number of thiophene rings is 1. The molecular formula is C22H14F4N2O3S. The van der Waals surface area contributed by atoms with Gasteiger partial charge >= 0.3 is 6.18 Å². The number of benzene rings is 2. The van der Waals surface area contributed by atoms with Crippen molar-refractivity contribution < 1.29 is 31.6 Å². The van der Waals surface area contributed by atoms with Gasteiger partial charge in [-0.2, -0.15) is 13.2 Å². The first-order chi connectivity index (χ1) is 15.1. The highest BCUT2D eigenvalue weighted by Gasteiger charge is 2.35. The fourth-order valence-electron chi connectivity index (χ4n) is 3.22. The summed E-state index contributed by atoms with van der Waals surface area (Å²) in [7, 11) is 0. The summed E-state index contributed by atoms with van der Waals surface area (Å²) in [6.07, 6.45) is -3.55. The molecule has 0 spiro atoms. The first kappa shape index (κ1) is 21.6. The van der Waals surface area contributed by atoms with Crippen LogP contribution in [0.3, 0.4) is 0 Å². The zero-order valence-corrected chi connectivity index (χ0v) is 17.2. The molecule has 0 unspecified atom stereocenters. The van der Waals surface area contributed by atoms with Crippen LogP contribution in [0.5, 0.6) is 0 Å². The summed E-state index contributed by atoms with van der Waals surface area (Å²) in [6.45, 7) is 1.54. The highest BCUT2D eigenvalue weighted by Crippen LogP contribution is 2.38. The maximum Gasteiger partial charge on any atom is 0.418 e. The number of hydrogen-bond acceptors (Lipinski definition) is 4. The summed E-state index contributed by atoms with van der Waals surface area (Å²) < 4.78 is 60.5. The van der Waals surface area contributed by atoms with Crippen LogP contribution in [0.4, 0.5) is 28.9 Å². The lowest BCUT2D eigenvalue weighted by molar-refractivity contribution is -0.136. The maximum absolute atomic E-state index is 14.1. The van der Waals surface area contributed by atoms with Crippen molar-refractivity contribution in [3.05, 3.63) is 82.4 Å². The van der Waals surface area contributed by atoms with Crippen LogP contribution in [0.2, 0.25) is 0 Å². The number of alkyl halides is 3. The molecule has 0 aliphatic heterocycles. The van der Waals surface area contributed by atoms with E-state index in [2.05, 4.69) is 10.6 Å². The average molecular weight is 462 g/mol. The van der Waals surface area contributed by atoms with Gasteiger partial charge in [-0.05, 0) is 55.0 Å². The highest BCUT2D eigenvalue weighted by molar-refractivity contribution is 7.21. The zero-order chi connectivity index (χ0) is 23.0. The number of fused-ring (bicyclic) bond motifs is 1. The van der Waals surface area contributed by atoms with E-state index in [1.54, 1.807) is 6.07 Å². The molecule has 32 heavy (non-hydrogen) atoms. The van der Waals surface area contributed by atoms with Crippen LogP contribution in [-0.4, -0.2) is 11.8 Å². The van der Waals surface area contributed by atoms with Crippen molar-refractivity contribution in [2.45, 2.75) is 13.1 Å². The van der Waals surface area contributed by atoms with Gasteiger partial charge in [0.05, 0.1) is 22.4 Å². The van der Waals surface area contributed by atoms with E-state index >= 15 is 0 Å². The molecule has 4 rings (SSSR count). The first-order valence-corrected chi connectivity index (χ1v) is 10.0. The monoisotopic (exact) mass is 462 g/mol. The predicted molar refractivity (Wildman–Crippen MR) is 113 cm³/mol. The number of nitrogens with one attached hydrogen (secondary N) is 2. The molecule has 0 saturated heterocycles. The number of furan rings is 1. The Kier molecular flexibility index (Phi) is 5.47. The van der Waals surface area contributed by atoms with Crippen LogP contribution in [-0.2, 0) is 6.18 Å². The molecule has 2 aromatic carbocycles. The van der Waals surface area contributed by atoms with Crippen molar-refractivity contribution in [3.63, 3.8) is 0 Å². The lowest BCUT2D eigenvalue weighted by Crippen LogP contribution is -2.17. The summed E-state index contributed by atoms with van der Waals surface area (Å²) in [5, 5.41) is 4.84. The molecule has 2 amide bonds. The van der Waals surface area contributed by atoms with Crippen LogP contribution in [0, 0.1) is 12.7 Å². The number of rotatable bonds is 4. The topological polar surface area (TPSA) is 71.3 Å². The Morgan fingerprint density at radius 1 is 1.00 bits per heavy atom. The van der Waals surface area contributed by atoms with Crippen molar-refractivity contribution >= 4 is 44.6 Å². The van der Waals surface area contributed by atoms with E-state index in [4.69, 9.17) is 4.42 Å². The van der Waals surface area contributed by atoms with E-state index in [1.165, 1.54) is 43.5 Å². The molecule has 0 saturated carbocycles. The van der Waals surface area contributed by atoms with E-state index in [9.17, 15) is 27.2 Å². The molecule has 4 aromatic rings. The van der Waals surface area contributed by atoms with E-state index in [0.29, 0.717) is 16.3 Å². The van der Waals surface area contributed by atoms with E-state index < -0.39 is 35.1 Å². The van der Waals surface area contributed by atoms with Gasteiger partial charge in [0.25, 0.3) is 11.8 Å². The molecule has 0 bridgehead atoms. The van der Waals surface area contributed by atoms with Crippen molar-refractivity contribution in [2.24, 2.45) is 0 Å². The number of carbonyl (C=O) groups is 2. The normalized spacial score (nSPS) is 11.5. The maximum atomic E-state index is 14.1. The molecule has 2 aromatic heterocycles. The summed E-state index contributed by atoms with van der Waals surface area (Å²) in [5.74, 6) is -2.09. The Hall–Kier alpha value is -3.66. The number of halogens is 4. The van der Waals surface area contributed by atoms with E-state index in [1.807, 2.05) is 0 Å². The first-order valence-electron chi connectivity index (χ1n) is 9.20. The molecule has 164 valence electrons. The molecule has 0 atom stereocenters. The molecule has 5 nitrogen and oxygen atoms in total. The van der Waals surface area contributed by atoms with Crippen molar-refractivity contribution in [2.75, 3.05) is 10.6 Å². The Morgan fingerprint density at radius 2 is 1.78 bits per heavy atom. The molecule has 0 aliphatic carbocycles. The molecule has 2 heterocycles. The number of anilines is 2. The standard InChI is InChI=1S/C22H14F4N2O3S/c1-11-18-14(23)4-2-6-17(18)32-19(11)21(30)28-15-8-7-12(10-13(15)22(24,25)26)27-20(29)16-5-3-9-31-16/h2-10H,1H3,(H,27,29)(H,28,30). The molecule has 2 N–H and O–H groups in total. The highest BCUT2D eigenvalue weighted by atomic mass is 32.1. The number of hydrogen-bond donors (Lipinski definition) is 2. The van der Waals surface area contributed by atoms with Crippen LogP contribution in [0.25, 0.3) is 10.1 Å². The second kappa shape index (κ2) is 8.12. The smallest absolute Gasteiger partial charge is 0.418 e. The largest absolute Gasteiger partial charge is 0.459 e. The number of aryl methyl sites for hydroxylation is 1. The Balaban J connectivity index is 1.64. The Bertz CT molecular complexity index is 1330. The third kappa shape index (κ3) is 4.09. The lowest BCUT2D eigenvalue weighted by Gasteiger charge is -2.15. The van der Waals surface area contributed by atoms with Gasteiger partial charge in [0.1, 0.15) is 5.82 Å². The number of amides is 2. The van der Waals surface area contributed by atoms with Crippen LogP contribution in [0.15, 0.2) is 59.2 Å². The molecule has 0 fully saturated rings.